The van der Waals surface area contributed by atoms with Crippen LogP contribution < -0.4 is 20.3 Å². The van der Waals surface area contributed by atoms with E-state index in [0.29, 0.717) is 30.3 Å². The van der Waals surface area contributed by atoms with Gasteiger partial charge in [0.25, 0.3) is 5.91 Å². The van der Waals surface area contributed by atoms with Gasteiger partial charge in [0.1, 0.15) is 18.1 Å². The van der Waals surface area contributed by atoms with Gasteiger partial charge in [-0.15, -0.1) is 0 Å². The van der Waals surface area contributed by atoms with Crippen molar-refractivity contribution in [1.82, 2.24) is 20.6 Å². The summed E-state index contributed by atoms with van der Waals surface area (Å²) >= 11 is 0. The molecule has 1 saturated carbocycles. The van der Waals surface area contributed by atoms with Gasteiger partial charge in [-0.3, -0.25) is 4.79 Å². The zero-order valence-electron chi connectivity index (χ0n) is 18.1. The first-order valence-electron chi connectivity index (χ1n) is 11.1. The Morgan fingerprint density at radius 2 is 1.97 bits per heavy atom. The quantitative estimate of drug-likeness (QED) is 0.797. The van der Waals surface area contributed by atoms with E-state index in [1.807, 2.05) is 13.8 Å². The van der Waals surface area contributed by atoms with Crippen LogP contribution in [0.15, 0.2) is 0 Å². The molecule has 0 spiro atoms. The van der Waals surface area contributed by atoms with Crippen molar-refractivity contribution in [3.8, 4) is 5.88 Å². The maximum absolute atomic E-state index is 13.3. The molecule has 158 valence electrons. The summed E-state index contributed by atoms with van der Waals surface area (Å²) in [4.78, 5) is 25.5. The van der Waals surface area contributed by atoms with Gasteiger partial charge in [0.2, 0.25) is 5.88 Å². The topological polar surface area (TPSA) is 79.4 Å². The molecular formula is C23H29N5O2. The number of carbonyl (C=O) groups is 1. The van der Waals surface area contributed by atoms with Crippen LogP contribution in [-0.2, 0) is 0 Å². The fourth-order valence-electron chi connectivity index (χ4n) is 5.49. The molecule has 7 heteroatoms. The molecule has 3 atom stereocenters. The normalized spacial score (nSPS) is 28.0. The van der Waals surface area contributed by atoms with Crippen molar-refractivity contribution in [3.63, 3.8) is 0 Å². The summed E-state index contributed by atoms with van der Waals surface area (Å²) in [7, 11) is 0. The molecule has 2 N–H and O–H groups in total. The lowest BCUT2D eigenvalue weighted by Gasteiger charge is -2.40. The number of ether oxygens (including phenoxy) is 1. The summed E-state index contributed by atoms with van der Waals surface area (Å²) in [6, 6.07) is 1.06. The minimum atomic E-state index is -0.0809. The minimum Gasteiger partial charge on any atom is -0.475 e. The maximum Gasteiger partial charge on any atom is 0.270 e. The molecule has 6 rings (SSSR count). The highest BCUT2D eigenvalue weighted by molar-refractivity contribution is 6.07. The second-order valence-electron chi connectivity index (χ2n) is 9.88. The maximum atomic E-state index is 13.3. The van der Waals surface area contributed by atoms with Crippen LogP contribution in [0.2, 0.25) is 0 Å². The fourth-order valence-corrected chi connectivity index (χ4v) is 5.49. The highest BCUT2D eigenvalue weighted by atomic mass is 16.5. The molecule has 5 heterocycles. The van der Waals surface area contributed by atoms with Gasteiger partial charge >= 0.3 is 0 Å². The number of carbonyl (C=O) groups excluding carboxylic acids is 1. The molecule has 2 aromatic rings. The molecule has 7 nitrogen and oxygen atoms in total. The lowest BCUT2D eigenvalue weighted by atomic mass is 9.98. The van der Waals surface area contributed by atoms with E-state index in [4.69, 9.17) is 14.7 Å². The average molecular weight is 408 g/mol. The number of fused-ring (bicyclic) bond motifs is 5. The number of nitrogens with one attached hydrogen (secondary N) is 2. The second kappa shape index (κ2) is 6.06. The van der Waals surface area contributed by atoms with Crippen LogP contribution in [0.3, 0.4) is 0 Å². The highest BCUT2D eigenvalue weighted by Crippen LogP contribution is 2.43. The number of rotatable bonds is 2. The van der Waals surface area contributed by atoms with Crippen molar-refractivity contribution < 1.29 is 9.53 Å². The van der Waals surface area contributed by atoms with Crippen LogP contribution >= 0.6 is 0 Å². The first-order valence-corrected chi connectivity index (χ1v) is 11.1. The molecule has 1 amide bonds. The molecule has 2 aromatic heterocycles. The van der Waals surface area contributed by atoms with Crippen molar-refractivity contribution in [2.75, 3.05) is 18.1 Å². The van der Waals surface area contributed by atoms with E-state index in [-0.39, 0.29) is 17.5 Å². The first-order chi connectivity index (χ1) is 14.3. The largest absolute Gasteiger partial charge is 0.475 e. The molecule has 2 bridgehead atoms. The number of anilines is 1. The average Bonchev–Trinajstić information content (AvgIpc) is 3.34. The van der Waals surface area contributed by atoms with Crippen LogP contribution in [0.4, 0.5) is 5.82 Å². The van der Waals surface area contributed by atoms with Crippen LogP contribution in [0.25, 0.3) is 10.8 Å². The zero-order chi connectivity index (χ0) is 20.8. The molecule has 2 saturated heterocycles. The van der Waals surface area contributed by atoms with Crippen molar-refractivity contribution in [3.05, 3.63) is 22.5 Å². The Kier molecular flexibility index (Phi) is 3.71. The van der Waals surface area contributed by atoms with Crippen molar-refractivity contribution >= 4 is 22.5 Å². The number of piperazine rings is 1. The predicted octanol–water partition coefficient (Wildman–Crippen LogP) is 2.54. The Morgan fingerprint density at radius 1 is 1.17 bits per heavy atom. The van der Waals surface area contributed by atoms with E-state index in [2.05, 4.69) is 29.4 Å². The third-order valence-electron chi connectivity index (χ3n) is 7.67. The predicted molar refractivity (Wildman–Crippen MR) is 115 cm³/mol. The van der Waals surface area contributed by atoms with E-state index in [1.165, 1.54) is 6.42 Å². The molecule has 4 aliphatic rings. The van der Waals surface area contributed by atoms with E-state index in [0.717, 1.165) is 59.2 Å². The van der Waals surface area contributed by atoms with Gasteiger partial charge in [-0.05, 0) is 64.5 Å². The lowest BCUT2D eigenvalue weighted by molar-refractivity contribution is 0.0930. The highest BCUT2D eigenvalue weighted by Gasteiger charge is 2.44. The van der Waals surface area contributed by atoms with Crippen molar-refractivity contribution in [1.29, 1.82) is 0 Å². The van der Waals surface area contributed by atoms with Gasteiger partial charge < -0.3 is 20.3 Å². The van der Waals surface area contributed by atoms with E-state index in [1.54, 1.807) is 0 Å². The molecule has 0 aromatic carbocycles. The molecule has 3 fully saturated rings. The van der Waals surface area contributed by atoms with E-state index < -0.39 is 0 Å². The fraction of sp³-hybridized carbons (Fsp3) is 0.609. The summed E-state index contributed by atoms with van der Waals surface area (Å²) in [6.07, 6.45) is 4.39. The van der Waals surface area contributed by atoms with Crippen molar-refractivity contribution in [2.24, 2.45) is 0 Å². The van der Waals surface area contributed by atoms with E-state index >= 15 is 0 Å². The Labute approximate surface area is 176 Å². The zero-order valence-corrected chi connectivity index (χ0v) is 18.1. The molecule has 3 aliphatic heterocycles. The van der Waals surface area contributed by atoms with E-state index in [9.17, 15) is 4.79 Å². The monoisotopic (exact) mass is 407 g/mol. The van der Waals surface area contributed by atoms with Crippen molar-refractivity contribution in [2.45, 2.75) is 77.0 Å². The SMILES string of the molecule is Cc1nc2c3c(nc(C(=O)NC4(C)CC4)c(C)c3c1C)N1CC3CCC(N3)C1CO2. The molecular weight excluding hydrogens is 378 g/mol. The van der Waals surface area contributed by atoms with Gasteiger partial charge in [-0.1, -0.05) is 0 Å². The van der Waals surface area contributed by atoms with Crippen LogP contribution in [-0.4, -0.2) is 52.7 Å². The number of aromatic nitrogens is 2. The standard InChI is InChI=1S/C23H29N5O2/c1-11-13(3)24-22-18-17(11)12(2)19(21(29)27-23(4)7-8-23)26-20(18)28-9-14-5-6-15(25-14)16(28)10-30-22/h14-16,25H,5-10H2,1-4H3,(H,27,29). The third-order valence-corrected chi connectivity index (χ3v) is 7.67. The Hall–Kier alpha value is -2.41. The summed E-state index contributed by atoms with van der Waals surface area (Å²) in [5.41, 5.74) is 3.42. The smallest absolute Gasteiger partial charge is 0.270 e. The molecule has 3 unspecified atom stereocenters. The minimum absolute atomic E-state index is 0.0686. The van der Waals surface area contributed by atoms with Crippen LogP contribution in [0, 0.1) is 20.8 Å². The summed E-state index contributed by atoms with van der Waals surface area (Å²) in [6.45, 7) is 9.69. The van der Waals surface area contributed by atoms with Crippen LogP contribution in [0.5, 0.6) is 5.88 Å². The summed E-state index contributed by atoms with van der Waals surface area (Å²) in [5.74, 6) is 1.46. The number of pyridine rings is 2. The van der Waals surface area contributed by atoms with Gasteiger partial charge in [0, 0.05) is 35.2 Å². The number of aryl methyl sites for hydroxylation is 3. The van der Waals surface area contributed by atoms with Crippen LogP contribution in [0.1, 0.15) is 59.9 Å². The number of hydrogen-bond donors (Lipinski definition) is 2. The Balaban J connectivity index is 1.59. The number of hydrogen-bond acceptors (Lipinski definition) is 6. The Bertz CT molecular complexity index is 1090. The lowest BCUT2D eigenvalue weighted by Crippen LogP contribution is -2.60. The summed E-state index contributed by atoms with van der Waals surface area (Å²) < 4.78 is 6.29. The molecule has 0 radical (unpaired) electrons. The third kappa shape index (κ3) is 2.57. The second-order valence-corrected chi connectivity index (χ2v) is 9.88. The number of amides is 1. The first kappa shape index (κ1) is 18.4. The molecule has 1 aliphatic carbocycles. The van der Waals surface area contributed by atoms with Gasteiger partial charge in [-0.25, -0.2) is 9.97 Å². The Morgan fingerprint density at radius 3 is 2.73 bits per heavy atom. The van der Waals surface area contributed by atoms with Gasteiger partial charge in [0.05, 0.1) is 11.4 Å². The van der Waals surface area contributed by atoms with Gasteiger partial charge in [0.15, 0.2) is 0 Å². The molecule has 30 heavy (non-hydrogen) atoms. The summed E-state index contributed by atoms with van der Waals surface area (Å²) in [5, 5.41) is 8.98. The number of nitrogens with zero attached hydrogens (tertiary/aromatic N) is 3. The van der Waals surface area contributed by atoms with Gasteiger partial charge in [-0.2, -0.15) is 0 Å².